The van der Waals surface area contributed by atoms with Gasteiger partial charge in [0.05, 0.1) is 17.7 Å². The number of nitrogens with zero attached hydrogens (tertiary/aromatic N) is 3. The lowest BCUT2D eigenvalue weighted by Gasteiger charge is -2.05. The third-order valence-corrected chi connectivity index (χ3v) is 3.49. The van der Waals surface area contributed by atoms with Crippen LogP contribution >= 0.6 is 11.3 Å². The monoisotopic (exact) mass is 301 g/mol. The molecule has 21 heavy (non-hydrogen) atoms. The Labute approximate surface area is 123 Å². The summed E-state index contributed by atoms with van der Waals surface area (Å²) in [4.78, 5) is 32.4. The van der Waals surface area contributed by atoms with E-state index in [1.807, 2.05) is 16.0 Å². The van der Waals surface area contributed by atoms with Gasteiger partial charge in [-0.05, 0) is 12.1 Å². The fourth-order valence-electron chi connectivity index (χ4n) is 1.77. The first-order chi connectivity index (χ1) is 10.2. The molecule has 0 unspecified atom stereocenters. The maximum atomic E-state index is 11.8. The lowest BCUT2D eigenvalue weighted by Crippen LogP contribution is -2.42. The molecule has 0 saturated carbocycles. The summed E-state index contributed by atoms with van der Waals surface area (Å²) < 4.78 is 1.85. The van der Waals surface area contributed by atoms with Crippen molar-refractivity contribution in [3.8, 4) is 0 Å². The highest BCUT2D eigenvalue weighted by molar-refractivity contribution is 7.15. The summed E-state index contributed by atoms with van der Waals surface area (Å²) in [7, 11) is 0. The van der Waals surface area contributed by atoms with Crippen molar-refractivity contribution in [2.45, 2.75) is 6.42 Å². The number of aromatic nitrogens is 3. The average molecular weight is 301 g/mol. The van der Waals surface area contributed by atoms with E-state index in [4.69, 9.17) is 0 Å². The van der Waals surface area contributed by atoms with E-state index in [-0.39, 0.29) is 12.3 Å². The molecule has 0 saturated heterocycles. The molecule has 0 radical (unpaired) electrons. The first-order valence-electron chi connectivity index (χ1n) is 6.12. The minimum absolute atomic E-state index is 0.0989. The summed E-state index contributed by atoms with van der Waals surface area (Å²) in [5.41, 5.74) is 5.71. The summed E-state index contributed by atoms with van der Waals surface area (Å²) >= 11 is 1.49. The molecular weight excluding hydrogens is 290 g/mol. The van der Waals surface area contributed by atoms with Crippen LogP contribution in [0.25, 0.3) is 4.96 Å². The molecule has 7 nitrogen and oxygen atoms in total. The number of carbonyl (C=O) groups excluding carboxylic acids is 2. The lowest BCUT2D eigenvalue weighted by atomic mass is 10.3. The van der Waals surface area contributed by atoms with Crippen LogP contribution in [0.1, 0.15) is 16.1 Å². The van der Waals surface area contributed by atoms with Crippen molar-refractivity contribution in [3.05, 3.63) is 53.6 Å². The first-order valence-corrected chi connectivity index (χ1v) is 7.00. The number of thiazole rings is 1. The van der Waals surface area contributed by atoms with Gasteiger partial charge in [0.1, 0.15) is 0 Å². The second-order valence-corrected chi connectivity index (χ2v) is 5.12. The maximum absolute atomic E-state index is 11.8. The van der Waals surface area contributed by atoms with Crippen LogP contribution in [0.5, 0.6) is 0 Å². The molecule has 0 atom stereocenters. The molecule has 0 aliphatic heterocycles. The van der Waals surface area contributed by atoms with E-state index in [2.05, 4.69) is 20.8 Å². The van der Waals surface area contributed by atoms with Crippen LogP contribution in [-0.2, 0) is 11.2 Å². The van der Waals surface area contributed by atoms with Crippen molar-refractivity contribution < 1.29 is 9.59 Å². The fourth-order valence-corrected chi connectivity index (χ4v) is 2.48. The molecule has 3 aromatic rings. The Morgan fingerprint density at radius 3 is 3.00 bits per heavy atom. The highest BCUT2D eigenvalue weighted by atomic mass is 32.1. The zero-order valence-electron chi connectivity index (χ0n) is 10.8. The van der Waals surface area contributed by atoms with E-state index < -0.39 is 5.91 Å². The predicted molar refractivity (Wildman–Crippen MR) is 76.6 cm³/mol. The molecule has 2 amide bonds. The summed E-state index contributed by atoms with van der Waals surface area (Å²) in [6.45, 7) is 0. The van der Waals surface area contributed by atoms with Gasteiger partial charge in [0, 0.05) is 30.2 Å². The first kappa shape index (κ1) is 13.3. The van der Waals surface area contributed by atoms with Gasteiger partial charge < -0.3 is 0 Å². The van der Waals surface area contributed by atoms with Gasteiger partial charge in [0.25, 0.3) is 5.91 Å². The molecule has 0 bridgehead atoms. The summed E-state index contributed by atoms with van der Waals surface area (Å²) in [5, 5.41) is 1.92. The summed E-state index contributed by atoms with van der Waals surface area (Å²) in [6.07, 6.45) is 6.75. The highest BCUT2D eigenvalue weighted by Gasteiger charge is 2.10. The second-order valence-electron chi connectivity index (χ2n) is 4.25. The highest BCUT2D eigenvalue weighted by Crippen LogP contribution is 2.11. The van der Waals surface area contributed by atoms with E-state index in [0.717, 1.165) is 4.96 Å². The average Bonchev–Trinajstić information content (AvgIpc) is 3.07. The SMILES string of the molecule is O=C(Cc1cn2ccsc2n1)NNC(=O)c1cccnc1. The molecule has 0 fully saturated rings. The normalized spacial score (nSPS) is 10.5. The van der Waals surface area contributed by atoms with E-state index in [9.17, 15) is 9.59 Å². The van der Waals surface area contributed by atoms with Crippen molar-refractivity contribution in [3.63, 3.8) is 0 Å². The number of carbonyl (C=O) groups is 2. The van der Waals surface area contributed by atoms with Crippen molar-refractivity contribution in [1.29, 1.82) is 0 Å². The topological polar surface area (TPSA) is 88.4 Å². The molecule has 8 heteroatoms. The third kappa shape index (κ3) is 3.06. The number of hydrazine groups is 1. The molecule has 3 rings (SSSR count). The Bertz CT molecular complexity index is 752. The van der Waals surface area contributed by atoms with Gasteiger partial charge in [-0.3, -0.25) is 29.8 Å². The van der Waals surface area contributed by atoms with Crippen molar-refractivity contribution in [2.24, 2.45) is 0 Å². The van der Waals surface area contributed by atoms with Crippen LogP contribution in [0.15, 0.2) is 42.3 Å². The van der Waals surface area contributed by atoms with Gasteiger partial charge in [-0.15, -0.1) is 11.3 Å². The molecule has 0 aliphatic carbocycles. The minimum Gasteiger partial charge on any atom is -0.297 e. The molecule has 0 aromatic carbocycles. The number of fused-ring (bicyclic) bond motifs is 1. The van der Waals surface area contributed by atoms with Gasteiger partial charge in [0.2, 0.25) is 5.91 Å². The smallest absolute Gasteiger partial charge is 0.271 e. The molecular formula is C13H11N5O2S. The maximum Gasteiger partial charge on any atom is 0.271 e. The summed E-state index contributed by atoms with van der Waals surface area (Å²) in [6, 6.07) is 3.26. The Hall–Kier alpha value is -2.74. The van der Waals surface area contributed by atoms with E-state index in [0.29, 0.717) is 11.3 Å². The van der Waals surface area contributed by atoms with Crippen molar-refractivity contribution in [2.75, 3.05) is 0 Å². The Morgan fingerprint density at radius 1 is 1.33 bits per heavy atom. The van der Waals surface area contributed by atoms with E-state index >= 15 is 0 Å². The zero-order valence-corrected chi connectivity index (χ0v) is 11.6. The molecule has 2 N–H and O–H groups in total. The standard InChI is InChI=1S/C13H11N5O2S/c19-11(6-10-8-18-4-5-21-13(18)15-10)16-17-12(20)9-2-1-3-14-7-9/h1-5,7-8H,6H2,(H,16,19)(H,17,20). The number of hydrogen-bond acceptors (Lipinski definition) is 5. The van der Waals surface area contributed by atoms with Crippen LogP contribution in [0.2, 0.25) is 0 Å². The van der Waals surface area contributed by atoms with Gasteiger partial charge in [-0.1, -0.05) is 0 Å². The quantitative estimate of drug-likeness (QED) is 0.700. The summed E-state index contributed by atoms with van der Waals surface area (Å²) in [5.74, 6) is -0.750. The van der Waals surface area contributed by atoms with Crippen molar-refractivity contribution >= 4 is 28.1 Å². The Morgan fingerprint density at radius 2 is 2.24 bits per heavy atom. The molecule has 3 aromatic heterocycles. The second kappa shape index (κ2) is 5.71. The van der Waals surface area contributed by atoms with Crippen LogP contribution < -0.4 is 10.9 Å². The molecule has 0 aliphatic rings. The molecule has 106 valence electrons. The van der Waals surface area contributed by atoms with Crippen LogP contribution in [0.4, 0.5) is 0 Å². The van der Waals surface area contributed by atoms with Gasteiger partial charge >= 0.3 is 0 Å². The van der Waals surface area contributed by atoms with Gasteiger partial charge in [-0.25, -0.2) is 4.98 Å². The van der Waals surface area contributed by atoms with Crippen molar-refractivity contribution in [1.82, 2.24) is 25.2 Å². The molecule has 0 spiro atoms. The number of hydrogen-bond donors (Lipinski definition) is 2. The lowest BCUT2D eigenvalue weighted by molar-refractivity contribution is -0.121. The number of nitrogens with one attached hydrogen (secondary N) is 2. The number of imidazole rings is 1. The van der Waals surface area contributed by atoms with E-state index in [1.54, 1.807) is 24.5 Å². The largest absolute Gasteiger partial charge is 0.297 e. The van der Waals surface area contributed by atoms with Crippen LogP contribution in [-0.4, -0.2) is 26.2 Å². The number of rotatable bonds is 3. The number of amides is 2. The van der Waals surface area contributed by atoms with Crippen LogP contribution in [0, 0.1) is 0 Å². The van der Waals surface area contributed by atoms with Gasteiger partial charge in [-0.2, -0.15) is 0 Å². The predicted octanol–water partition coefficient (Wildman–Crippen LogP) is 0.795. The van der Waals surface area contributed by atoms with Crippen LogP contribution in [0.3, 0.4) is 0 Å². The van der Waals surface area contributed by atoms with Gasteiger partial charge in [0.15, 0.2) is 4.96 Å². The number of pyridine rings is 1. The Kier molecular flexibility index (Phi) is 3.61. The Balaban J connectivity index is 1.55. The van der Waals surface area contributed by atoms with E-state index in [1.165, 1.54) is 17.5 Å². The minimum atomic E-state index is -0.415. The fraction of sp³-hybridized carbons (Fsp3) is 0.0769. The molecule has 3 heterocycles. The third-order valence-electron chi connectivity index (χ3n) is 2.72. The zero-order chi connectivity index (χ0) is 14.7.